The van der Waals surface area contributed by atoms with Gasteiger partial charge in [-0.3, -0.25) is 9.97 Å². The zero-order chi connectivity index (χ0) is 11.8. The van der Waals surface area contributed by atoms with Crippen molar-refractivity contribution in [3.8, 4) is 11.4 Å². The molecule has 0 bridgehead atoms. The van der Waals surface area contributed by atoms with Gasteiger partial charge in [0, 0.05) is 28.9 Å². The first kappa shape index (κ1) is 15.0. The van der Waals surface area contributed by atoms with Gasteiger partial charge < -0.3 is 15.3 Å². The SMILES string of the molecule is O=[N+]([O-])[O-].[Ni].c1ccc(-c2ccccn2)nc1. The van der Waals surface area contributed by atoms with Crippen LogP contribution in [0, 0.1) is 15.3 Å². The first-order valence-corrected chi connectivity index (χ1v) is 4.34. The van der Waals surface area contributed by atoms with Crippen LogP contribution in [0.2, 0.25) is 0 Å². The molecule has 6 nitrogen and oxygen atoms in total. The second-order valence-electron chi connectivity index (χ2n) is 2.65. The van der Waals surface area contributed by atoms with E-state index in [1.54, 1.807) is 12.4 Å². The maximum Gasteiger partial charge on any atom is 0.0886 e. The Labute approximate surface area is 107 Å². The second kappa shape index (κ2) is 8.18. The third kappa shape index (κ3) is 6.22. The van der Waals surface area contributed by atoms with Crippen LogP contribution in [0.15, 0.2) is 48.8 Å². The summed E-state index contributed by atoms with van der Waals surface area (Å²) in [5.41, 5.74) is 1.83. The third-order valence-electron chi connectivity index (χ3n) is 1.59. The topological polar surface area (TPSA) is 92.0 Å². The molecule has 0 spiro atoms. The van der Waals surface area contributed by atoms with Gasteiger partial charge in [-0.05, 0) is 24.3 Å². The monoisotopic (exact) mass is 276 g/mol. The Kier molecular flexibility index (Phi) is 7.22. The predicted molar refractivity (Wildman–Crippen MR) is 57.8 cm³/mol. The number of nitrogens with zero attached hydrogens (tertiary/aromatic N) is 3. The fourth-order valence-electron chi connectivity index (χ4n) is 1.03. The number of aromatic nitrogens is 2. The van der Waals surface area contributed by atoms with E-state index in [-0.39, 0.29) is 16.5 Å². The maximum atomic E-state index is 8.25. The van der Waals surface area contributed by atoms with Crippen LogP contribution in [0.3, 0.4) is 0 Å². The molecule has 0 fully saturated rings. The molecule has 0 saturated heterocycles. The molecule has 17 heavy (non-hydrogen) atoms. The van der Waals surface area contributed by atoms with Gasteiger partial charge in [0.05, 0.1) is 16.5 Å². The minimum Gasteiger partial charge on any atom is -0.356 e. The first-order valence-electron chi connectivity index (χ1n) is 4.34. The molecule has 0 saturated carbocycles. The van der Waals surface area contributed by atoms with Gasteiger partial charge in [-0.25, -0.2) is 0 Å². The van der Waals surface area contributed by atoms with Crippen molar-refractivity contribution in [2.24, 2.45) is 0 Å². The molecule has 2 heterocycles. The van der Waals surface area contributed by atoms with Gasteiger partial charge in [-0.15, -0.1) is 0 Å². The van der Waals surface area contributed by atoms with Crippen molar-refractivity contribution in [3.05, 3.63) is 64.1 Å². The van der Waals surface area contributed by atoms with Crippen molar-refractivity contribution >= 4 is 0 Å². The zero-order valence-corrected chi connectivity index (χ0v) is 9.49. The summed E-state index contributed by atoms with van der Waals surface area (Å²) in [6, 6.07) is 11.6. The standard InChI is InChI=1S/C10H8N2.NO3.Ni/c1-3-7-11-9(5-1)10-6-2-4-8-12-10;2-1(3)4;/h1-8H;;/q;-1;. The van der Waals surface area contributed by atoms with Gasteiger partial charge >= 0.3 is 0 Å². The fourth-order valence-corrected chi connectivity index (χ4v) is 1.03. The van der Waals surface area contributed by atoms with Crippen LogP contribution in [-0.2, 0) is 16.5 Å². The molecular formula is C10H8N3NiO3-. The van der Waals surface area contributed by atoms with E-state index in [2.05, 4.69) is 9.97 Å². The quantitative estimate of drug-likeness (QED) is 0.451. The zero-order valence-electron chi connectivity index (χ0n) is 8.50. The molecule has 7 heteroatoms. The summed E-state index contributed by atoms with van der Waals surface area (Å²) in [6.45, 7) is 0. The third-order valence-corrected chi connectivity index (χ3v) is 1.59. The maximum absolute atomic E-state index is 8.25. The Hall–Kier alpha value is -2.01. The van der Waals surface area contributed by atoms with Crippen molar-refractivity contribution in [2.75, 3.05) is 0 Å². The van der Waals surface area contributed by atoms with Crippen molar-refractivity contribution in [2.45, 2.75) is 0 Å². The molecule has 2 aromatic heterocycles. The molecule has 0 aliphatic heterocycles. The molecule has 0 unspecified atom stereocenters. The van der Waals surface area contributed by atoms with Crippen LogP contribution in [0.4, 0.5) is 0 Å². The Morgan fingerprint density at radius 3 is 1.47 bits per heavy atom. The second-order valence-corrected chi connectivity index (χ2v) is 2.65. The predicted octanol–water partition coefficient (Wildman–Crippen LogP) is 1.90. The Morgan fingerprint density at radius 2 is 1.24 bits per heavy atom. The Balaban J connectivity index is 0.000000453. The van der Waals surface area contributed by atoms with Gasteiger partial charge in [-0.1, -0.05) is 12.1 Å². The van der Waals surface area contributed by atoms with E-state index in [0.717, 1.165) is 11.4 Å². The molecule has 0 atom stereocenters. The van der Waals surface area contributed by atoms with Crippen molar-refractivity contribution in [1.82, 2.24) is 9.97 Å². The van der Waals surface area contributed by atoms with E-state index < -0.39 is 5.09 Å². The fraction of sp³-hybridized carbons (Fsp3) is 0. The number of hydrogen-bond donors (Lipinski definition) is 0. The first-order chi connectivity index (χ1) is 7.70. The molecule has 0 aliphatic carbocycles. The van der Waals surface area contributed by atoms with Crippen molar-refractivity contribution in [1.29, 1.82) is 0 Å². The van der Waals surface area contributed by atoms with Crippen LogP contribution >= 0.6 is 0 Å². The molecule has 0 amide bonds. The minimum absolute atomic E-state index is 0. The van der Waals surface area contributed by atoms with Crippen LogP contribution in [0.25, 0.3) is 11.4 Å². The number of rotatable bonds is 1. The van der Waals surface area contributed by atoms with Crippen LogP contribution in [-0.4, -0.2) is 15.1 Å². The summed E-state index contributed by atoms with van der Waals surface area (Å²) in [7, 11) is 0. The smallest absolute Gasteiger partial charge is 0.0886 e. The van der Waals surface area contributed by atoms with Crippen LogP contribution in [0.1, 0.15) is 0 Å². The number of pyridine rings is 2. The van der Waals surface area contributed by atoms with E-state index >= 15 is 0 Å². The van der Waals surface area contributed by atoms with E-state index in [4.69, 9.17) is 15.3 Å². The Bertz CT molecular complexity index is 398. The summed E-state index contributed by atoms with van der Waals surface area (Å²) in [4.78, 5) is 16.6. The van der Waals surface area contributed by atoms with Gasteiger partial charge in [-0.2, -0.15) is 0 Å². The molecule has 92 valence electrons. The summed E-state index contributed by atoms with van der Waals surface area (Å²) >= 11 is 0. The largest absolute Gasteiger partial charge is 0.356 e. The van der Waals surface area contributed by atoms with Crippen molar-refractivity contribution < 1.29 is 21.6 Å². The summed E-state index contributed by atoms with van der Waals surface area (Å²) < 4.78 is 0. The van der Waals surface area contributed by atoms with E-state index in [0.29, 0.717) is 0 Å². The molecule has 0 radical (unpaired) electrons. The normalized spacial score (nSPS) is 8.24. The molecule has 0 aliphatic rings. The van der Waals surface area contributed by atoms with E-state index in [1.807, 2.05) is 36.4 Å². The molecule has 0 N–H and O–H groups in total. The van der Waals surface area contributed by atoms with Gasteiger partial charge in [0.25, 0.3) is 0 Å². The summed E-state index contributed by atoms with van der Waals surface area (Å²) in [6.07, 6.45) is 3.54. The van der Waals surface area contributed by atoms with Crippen LogP contribution < -0.4 is 0 Å². The van der Waals surface area contributed by atoms with E-state index in [1.165, 1.54) is 0 Å². The molecule has 2 rings (SSSR count). The molecule has 2 aromatic rings. The van der Waals surface area contributed by atoms with Crippen molar-refractivity contribution in [3.63, 3.8) is 0 Å². The minimum atomic E-state index is -1.75. The average molecular weight is 277 g/mol. The Morgan fingerprint density at radius 1 is 0.882 bits per heavy atom. The van der Waals surface area contributed by atoms with Gasteiger partial charge in [0.15, 0.2) is 0 Å². The summed E-state index contributed by atoms with van der Waals surface area (Å²) in [5, 5.41) is 14.8. The molecular weight excluding hydrogens is 269 g/mol. The van der Waals surface area contributed by atoms with Gasteiger partial charge in [0.2, 0.25) is 0 Å². The van der Waals surface area contributed by atoms with Gasteiger partial charge in [0.1, 0.15) is 0 Å². The summed E-state index contributed by atoms with van der Waals surface area (Å²) in [5.74, 6) is 0. The number of hydrogen-bond acceptors (Lipinski definition) is 5. The average Bonchev–Trinajstić information content (AvgIpc) is 2.31. The van der Waals surface area contributed by atoms with E-state index in [9.17, 15) is 0 Å². The molecule has 0 aromatic carbocycles. The van der Waals surface area contributed by atoms with Crippen LogP contribution in [0.5, 0.6) is 0 Å².